The van der Waals surface area contributed by atoms with Crippen LogP contribution in [0.5, 0.6) is 0 Å². The molecule has 2 heterocycles. The van der Waals surface area contributed by atoms with Crippen LogP contribution in [0.1, 0.15) is 42.6 Å². The molecule has 0 aliphatic carbocycles. The lowest BCUT2D eigenvalue weighted by molar-refractivity contribution is 0.194. The first-order valence-corrected chi connectivity index (χ1v) is 9.01. The molecule has 2 aromatic rings. The molecular weight excluding hydrogens is 296 g/mol. The first-order chi connectivity index (χ1) is 11.7. The Morgan fingerprint density at radius 2 is 1.83 bits per heavy atom. The summed E-state index contributed by atoms with van der Waals surface area (Å²) in [6, 6.07) is 17.1. The molecule has 0 radical (unpaired) electrons. The van der Waals surface area contributed by atoms with Crippen molar-refractivity contribution in [1.82, 2.24) is 5.32 Å². The third-order valence-corrected chi connectivity index (χ3v) is 5.67. The number of anilines is 1. The van der Waals surface area contributed by atoms with Crippen molar-refractivity contribution in [3.8, 4) is 0 Å². The molecule has 1 unspecified atom stereocenters. The Morgan fingerprint density at radius 3 is 2.54 bits per heavy atom. The van der Waals surface area contributed by atoms with Crippen LogP contribution in [0.15, 0.2) is 48.5 Å². The number of aliphatic hydroxyl groups is 1. The van der Waals surface area contributed by atoms with Gasteiger partial charge in [0.15, 0.2) is 0 Å². The van der Waals surface area contributed by atoms with Gasteiger partial charge in [0.25, 0.3) is 0 Å². The van der Waals surface area contributed by atoms with E-state index in [0.29, 0.717) is 0 Å². The average Bonchev–Trinajstić information content (AvgIpc) is 2.90. The molecule has 0 bridgehead atoms. The fourth-order valence-electron chi connectivity index (χ4n) is 4.53. The predicted octanol–water partition coefficient (Wildman–Crippen LogP) is 3.38. The minimum atomic E-state index is -0.414. The van der Waals surface area contributed by atoms with Gasteiger partial charge < -0.3 is 15.3 Å². The highest BCUT2D eigenvalue weighted by atomic mass is 16.3. The predicted molar refractivity (Wildman–Crippen MR) is 98.3 cm³/mol. The highest BCUT2D eigenvalue weighted by Crippen LogP contribution is 2.49. The monoisotopic (exact) mass is 322 g/mol. The lowest BCUT2D eigenvalue weighted by atomic mass is 9.72. The normalized spacial score (nSPS) is 20.2. The van der Waals surface area contributed by atoms with E-state index >= 15 is 0 Å². The molecule has 1 atom stereocenters. The van der Waals surface area contributed by atoms with Crippen LogP contribution < -0.4 is 10.2 Å². The van der Waals surface area contributed by atoms with Gasteiger partial charge in [-0.15, -0.1) is 0 Å². The molecule has 1 saturated heterocycles. The zero-order valence-corrected chi connectivity index (χ0v) is 14.3. The molecule has 3 heteroatoms. The van der Waals surface area contributed by atoms with E-state index in [0.717, 1.165) is 44.6 Å². The lowest BCUT2D eigenvalue weighted by Crippen LogP contribution is -2.43. The Hall–Kier alpha value is -1.84. The van der Waals surface area contributed by atoms with Crippen molar-refractivity contribution in [3.05, 3.63) is 65.2 Å². The van der Waals surface area contributed by atoms with E-state index in [1.165, 1.54) is 16.8 Å². The first-order valence-electron chi connectivity index (χ1n) is 9.01. The van der Waals surface area contributed by atoms with Crippen molar-refractivity contribution in [1.29, 1.82) is 0 Å². The second-order valence-corrected chi connectivity index (χ2v) is 7.29. The van der Waals surface area contributed by atoms with Crippen molar-refractivity contribution in [3.63, 3.8) is 0 Å². The number of benzene rings is 2. The van der Waals surface area contributed by atoms with E-state index in [4.69, 9.17) is 0 Å². The van der Waals surface area contributed by atoms with E-state index in [1.807, 2.05) is 6.92 Å². The van der Waals surface area contributed by atoms with Crippen molar-refractivity contribution >= 4 is 5.69 Å². The van der Waals surface area contributed by atoms with Crippen molar-refractivity contribution in [2.75, 3.05) is 24.5 Å². The molecule has 126 valence electrons. The van der Waals surface area contributed by atoms with Gasteiger partial charge >= 0.3 is 0 Å². The van der Waals surface area contributed by atoms with Gasteiger partial charge in [-0.3, -0.25) is 0 Å². The zero-order valence-electron chi connectivity index (χ0n) is 14.3. The van der Waals surface area contributed by atoms with E-state index in [9.17, 15) is 5.11 Å². The maximum absolute atomic E-state index is 10.3. The van der Waals surface area contributed by atoms with Crippen molar-refractivity contribution < 1.29 is 5.11 Å². The topological polar surface area (TPSA) is 35.5 Å². The molecule has 1 spiro atoms. The standard InChI is InChI=1S/C21H26N2O/c1-16(24)18-8-5-9-19-20(18)21(10-12-22-13-11-21)15-23(19)14-17-6-3-2-4-7-17/h2-9,16,22,24H,10-15H2,1H3. The molecule has 1 fully saturated rings. The molecule has 4 rings (SSSR count). The Kier molecular flexibility index (Phi) is 4.07. The maximum Gasteiger partial charge on any atom is 0.0765 e. The van der Waals surface area contributed by atoms with Gasteiger partial charge in [0.1, 0.15) is 0 Å². The van der Waals surface area contributed by atoms with Crippen LogP contribution in [0.3, 0.4) is 0 Å². The van der Waals surface area contributed by atoms with Crippen molar-refractivity contribution in [2.45, 2.75) is 37.8 Å². The molecule has 24 heavy (non-hydrogen) atoms. The molecule has 0 saturated carbocycles. The highest BCUT2D eigenvalue weighted by Gasteiger charge is 2.45. The third-order valence-electron chi connectivity index (χ3n) is 5.67. The number of rotatable bonds is 3. The first kappa shape index (κ1) is 15.7. The SMILES string of the molecule is CC(O)c1cccc2c1C1(CCNCC1)CN2Cc1ccccc1. The Balaban J connectivity index is 1.77. The molecule has 0 amide bonds. The molecule has 0 aromatic heterocycles. The van der Waals surface area contributed by atoms with Gasteiger partial charge in [-0.05, 0) is 55.6 Å². The van der Waals surface area contributed by atoms with E-state index in [1.54, 1.807) is 0 Å². The average molecular weight is 322 g/mol. The summed E-state index contributed by atoms with van der Waals surface area (Å²) in [5, 5.41) is 13.8. The molecule has 2 N–H and O–H groups in total. The molecule has 3 nitrogen and oxygen atoms in total. The van der Waals surface area contributed by atoms with Crippen molar-refractivity contribution in [2.24, 2.45) is 0 Å². The fourth-order valence-corrected chi connectivity index (χ4v) is 4.53. The number of nitrogens with zero attached hydrogens (tertiary/aromatic N) is 1. The van der Waals surface area contributed by atoms with E-state index in [2.05, 4.69) is 58.7 Å². The summed E-state index contributed by atoms with van der Waals surface area (Å²) in [5.74, 6) is 0. The van der Waals surface area contributed by atoms with Gasteiger partial charge in [0, 0.05) is 24.2 Å². The summed E-state index contributed by atoms with van der Waals surface area (Å²) < 4.78 is 0. The smallest absolute Gasteiger partial charge is 0.0765 e. The molecule has 2 aliphatic rings. The van der Waals surface area contributed by atoms with Crippen LogP contribution in [0, 0.1) is 0 Å². The summed E-state index contributed by atoms with van der Waals surface area (Å²) >= 11 is 0. The van der Waals surface area contributed by atoms with Crippen LogP contribution in [0.2, 0.25) is 0 Å². The summed E-state index contributed by atoms with van der Waals surface area (Å²) in [6.07, 6.45) is 1.88. The summed E-state index contributed by atoms with van der Waals surface area (Å²) in [6.45, 7) is 6.01. The zero-order chi connectivity index (χ0) is 16.6. The second-order valence-electron chi connectivity index (χ2n) is 7.29. The van der Waals surface area contributed by atoms with Gasteiger partial charge in [0.05, 0.1) is 6.10 Å². The lowest BCUT2D eigenvalue weighted by Gasteiger charge is -2.36. The van der Waals surface area contributed by atoms with Gasteiger partial charge in [-0.1, -0.05) is 42.5 Å². The summed E-state index contributed by atoms with van der Waals surface area (Å²) in [4.78, 5) is 2.52. The van der Waals surface area contributed by atoms with Gasteiger partial charge in [-0.2, -0.15) is 0 Å². The molecule has 2 aromatic carbocycles. The van der Waals surface area contributed by atoms with Crippen LogP contribution in [-0.4, -0.2) is 24.7 Å². The summed E-state index contributed by atoms with van der Waals surface area (Å²) in [5.41, 5.74) is 5.36. The third kappa shape index (κ3) is 2.62. The number of nitrogens with one attached hydrogen (secondary N) is 1. The van der Waals surface area contributed by atoms with E-state index < -0.39 is 6.10 Å². The number of aliphatic hydroxyl groups excluding tert-OH is 1. The van der Waals surface area contributed by atoms with Crippen LogP contribution in [0.25, 0.3) is 0 Å². The largest absolute Gasteiger partial charge is 0.389 e. The number of hydrogen-bond donors (Lipinski definition) is 2. The summed E-state index contributed by atoms with van der Waals surface area (Å²) in [7, 11) is 0. The number of hydrogen-bond acceptors (Lipinski definition) is 3. The number of fused-ring (bicyclic) bond motifs is 2. The molecule has 2 aliphatic heterocycles. The quantitative estimate of drug-likeness (QED) is 0.909. The van der Waals surface area contributed by atoms with Crippen LogP contribution in [-0.2, 0) is 12.0 Å². The minimum absolute atomic E-state index is 0.183. The number of piperidine rings is 1. The Morgan fingerprint density at radius 1 is 1.08 bits per heavy atom. The van der Waals surface area contributed by atoms with E-state index in [-0.39, 0.29) is 5.41 Å². The maximum atomic E-state index is 10.3. The Bertz CT molecular complexity index is 705. The minimum Gasteiger partial charge on any atom is -0.389 e. The molecular formula is C21H26N2O. The van der Waals surface area contributed by atoms with Crippen LogP contribution >= 0.6 is 0 Å². The second kappa shape index (κ2) is 6.23. The Labute approximate surface area is 144 Å². The van der Waals surface area contributed by atoms with Gasteiger partial charge in [-0.25, -0.2) is 0 Å². The highest BCUT2D eigenvalue weighted by molar-refractivity contribution is 5.66. The fraction of sp³-hybridized carbons (Fsp3) is 0.429. The van der Waals surface area contributed by atoms with Gasteiger partial charge in [0.2, 0.25) is 0 Å². The van der Waals surface area contributed by atoms with Crippen LogP contribution in [0.4, 0.5) is 5.69 Å².